The van der Waals surface area contributed by atoms with Crippen LogP contribution in [0.2, 0.25) is 0 Å². The summed E-state index contributed by atoms with van der Waals surface area (Å²) in [5.41, 5.74) is 5.71. The molecule has 0 heterocycles. The first kappa shape index (κ1) is 13.8. The van der Waals surface area contributed by atoms with Crippen molar-refractivity contribution in [3.63, 3.8) is 0 Å². The number of rotatable bonds is 8. The van der Waals surface area contributed by atoms with E-state index in [9.17, 15) is 8.78 Å². The highest BCUT2D eigenvalue weighted by Gasteiger charge is 2.15. The highest BCUT2D eigenvalue weighted by atomic mass is 19.3. The maximum atomic E-state index is 11.7. The van der Waals surface area contributed by atoms with Crippen molar-refractivity contribution in [2.45, 2.75) is 39.5 Å². The summed E-state index contributed by atoms with van der Waals surface area (Å²) >= 11 is 0. The van der Waals surface area contributed by atoms with Crippen molar-refractivity contribution in [3.8, 4) is 0 Å². The summed E-state index contributed by atoms with van der Waals surface area (Å²) < 4.78 is 23.5. The van der Waals surface area contributed by atoms with E-state index in [1.165, 1.54) is 0 Å². The molecule has 0 rings (SSSR count). The first-order valence-corrected chi connectivity index (χ1v) is 5.17. The Hall–Kier alpha value is -0.220. The molecule has 0 atom stereocenters. The molecule has 4 heteroatoms. The van der Waals surface area contributed by atoms with Gasteiger partial charge in [-0.2, -0.15) is 0 Å². The molecular weight excluding hydrogens is 186 g/mol. The Morgan fingerprint density at radius 2 is 1.93 bits per heavy atom. The molecule has 0 radical (unpaired) electrons. The fourth-order valence-electron chi connectivity index (χ4n) is 1.42. The van der Waals surface area contributed by atoms with Gasteiger partial charge in [-0.25, -0.2) is 8.78 Å². The summed E-state index contributed by atoms with van der Waals surface area (Å²) in [5.74, 6) is 0. The van der Waals surface area contributed by atoms with Crippen molar-refractivity contribution in [3.05, 3.63) is 0 Å². The van der Waals surface area contributed by atoms with Gasteiger partial charge in [0.2, 0.25) is 0 Å². The molecule has 0 aliphatic heterocycles. The summed E-state index contributed by atoms with van der Waals surface area (Å²) in [7, 11) is 0. The zero-order valence-electron chi connectivity index (χ0n) is 9.15. The Morgan fingerprint density at radius 3 is 2.43 bits per heavy atom. The highest BCUT2D eigenvalue weighted by molar-refractivity contribution is 4.69. The molecule has 14 heavy (non-hydrogen) atoms. The van der Waals surface area contributed by atoms with Gasteiger partial charge in [0.15, 0.2) is 0 Å². The van der Waals surface area contributed by atoms with Crippen LogP contribution in [-0.2, 0) is 0 Å². The van der Waals surface area contributed by atoms with Crippen molar-refractivity contribution in [2.24, 2.45) is 11.1 Å². The molecule has 0 spiro atoms. The molecule has 0 fully saturated rings. The fraction of sp³-hybridized carbons (Fsp3) is 1.00. The zero-order chi connectivity index (χ0) is 11.0. The van der Waals surface area contributed by atoms with Crippen LogP contribution in [0, 0.1) is 5.41 Å². The monoisotopic (exact) mass is 208 g/mol. The minimum absolute atomic E-state index is 0.197. The fourth-order valence-corrected chi connectivity index (χ4v) is 1.42. The SMILES string of the molecule is CC(C)(CCN)CCCNCC(F)F. The number of hydrogen-bond acceptors (Lipinski definition) is 2. The minimum atomic E-state index is -2.24. The molecule has 0 aliphatic carbocycles. The van der Waals surface area contributed by atoms with Crippen LogP contribution >= 0.6 is 0 Å². The molecule has 0 aromatic carbocycles. The lowest BCUT2D eigenvalue weighted by molar-refractivity contribution is 0.145. The number of hydrogen-bond donors (Lipinski definition) is 2. The van der Waals surface area contributed by atoms with Crippen LogP contribution in [0.1, 0.15) is 33.1 Å². The number of nitrogens with two attached hydrogens (primary N) is 1. The van der Waals surface area contributed by atoms with Gasteiger partial charge in [0.05, 0.1) is 6.54 Å². The first-order chi connectivity index (χ1) is 6.48. The molecule has 0 aliphatic rings. The van der Waals surface area contributed by atoms with Crippen LogP contribution in [0.25, 0.3) is 0 Å². The predicted octanol–water partition coefficient (Wildman–Crippen LogP) is 2.00. The number of halogens is 2. The van der Waals surface area contributed by atoms with E-state index in [-0.39, 0.29) is 12.0 Å². The van der Waals surface area contributed by atoms with Crippen molar-refractivity contribution in [1.29, 1.82) is 0 Å². The van der Waals surface area contributed by atoms with E-state index in [4.69, 9.17) is 5.73 Å². The largest absolute Gasteiger partial charge is 0.330 e. The van der Waals surface area contributed by atoms with Crippen LogP contribution < -0.4 is 11.1 Å². The molecule has 3 N–H and O–H groups in total. The van der Waals surface area contributed by atoms with Gasteiger partial charge in [-0.05, 0) is 37.8 Å². The second kappa shape index (κ2) is 7.12. The van der Waals surface area contributed by atoms with E-state index in [0.29, 0.717) is 13.1 Å². The Balaban J connectivity index is 3.34. The third kappa shape index (κ3) is 8.38. The van der Waals surface area contributed by atoms with Gasteiger partial charge in [-0.3, -0.25) is 0 Å². The second-order valence-electron chi connectivity index (χ2n) is 4.40. The summed E-state index contributed by atoms with van der Waals surface area (Å²) in [6.45, 7) is 5.48. The molecule has 0 saturated heterocycles. The Kier molecular flexibility index (Phi) is 7.01. The summed E-state index contributed by atoms with van der Waals surface area (Å²) in [6, 6.07) is 0. The van der Waals surface area contributed by atoms with Crippen molar-refractivity contribution >= 4 is 0 Å². The molecule has 2 nitrogen and oxygen atoms in total. The van der Waals surface area contributed by atoms with Gasteiger partial charge < -0.3 is 11.1 Å². The molecule has 0 aromatic rings. The van der Waals surface area contributed by atoms with E-state index >= 15 is 0 Å². The van der Waals surface area contributed by atoms with Gasteiger partial charge in [0.25, 0.3) is 6.43 Å². The molecule has 0 bridgehead atoms. The van der Waals surface area contributed by atoms with E-state index in [1.807, 2.05) is 0 Å². The van der Waals surface area contributed by atoms with Crippen LogP contribution in [0.15, 0.2) is 0 Å². The van der Waals surface area contributed by atoms with Gasteiger partial charge in [-0.1, -0.05) is 13.8 Å². The standard InChI is InChI=1S/C10H22F2N2/c1-10(2,5-6-13)4-3-7-14-8-9(11)12/h9,14H,3-8,13H2,1-2H3. The van der Waals surface area contributed by atoms with Crippen LogP contribution in [0.5, 0.6) is 0 Å². The molecule has 0 saturated carbocycles. The van der Waals surface area contributed by atoms with E-state index < -0.39 is 6.43 Å². The molecule has 0 aromatic heterocycles. The predicted molar refractivity (Wildman–Crippen MR) is 55.6 cm³/mol. The highest BCUT2D eigenvalue weighted by Crippen LogP contribution is 2.25. The van der Waals surface area contributed by atoms with E-state index in [2.05, 4.69) is 19.2 Å². The van der Waals surface area contributed by atoms with Gasteiger partial charge in [0.1, 0.15) is 0 Å². The quantitative estimate of drug-likeness (QED) is 0.599. The Labute approximate surface area is 85.2 Å². The minimum Gasteiger partial charge on any atom is -0.330 e. The van der Waals surface area contributed by atoms with E-state index in [0.717, 1.165) is 19.3 Å². The average molecular weight is 208 g/mol. The maximum absolute atomic E-state index is 11.7. The average Bonchev–Trinajstić information content (AvgIpc) is 2.02. The van der Waals surface area contributed by atoms with Crippen molar-refractivity contribution in [2.75, 3.05) is 19.6 Å². The normalized spacial score (nSPS) is 12.4. The van der Waals surface area contributed by atoms with Gasteiger partial charge in [-0.15, -0.1) is 0 Å². The lowest BCUT2D eigenvalue weighted by Crippen LogP contribution is -2.24. The first-order valence-electron chi connectivity index (χ1n) is 5.17. The lowest BCUT2D eigenvalue weighted by atomic mass is 9.84. The lowest BCUT2D eigenvalue weighted by Gasteiger charge is -2.23. The topological polar surface area (TPSA) is 38.0 Å². The van der Waals surface area contributed by atoms with Gasteiger partial charge in [0, 0.05) is 0 Å². The summed E-state index contributed by atoms with van der Waals surface area (Å²) in [6.07, 6.45) is 0.703. The third-order valence-electron chi connectivity index (χ3n) is 2.33. The van der Waals surface area contributed by atoms with E-state index in [1.54, 1.807) is 0 Å². The maximum Gasteiger partial charge on any atom is 0.250 e. The smallest absolute Gasteiger partial charge is 0.250 e. The van der Waals surface area contributed by atoms with Crippen molar-refractivity contribution < 1.29 is 8.78 Å². The number of alkyl halides is 2. The molecule has 0 unspecified atom stereocenters. The Bertz CT molecular complexity index is 138. The van der Waals surface area contributed by atoms with Crippen molar-refractivity contribution in [1.82, 2.24) is 5.32 Å². The van der Waals surface area contributed by atoms with Crippen LogP contribution in [0.4, 0.5) is 8.78 Å². The molecular formula is C10H22F2N2. The number of nitrogens with one attached hydrogen (secondary N) is 1. The van der Waals surface area contributed by atoms with Gasteiger partial charge >= 0.3 is 0 Å². The Morgan fingerprint density at radius 1 is 1.29 bits per heavy atom. The summed E-state index contributed by atoms with van der Waals surface area (Å²) in [5, 5.41) is 2.72. The second-order valence-corrected chi connectivity index (χ2v) is 4.40. The molecule has 0 amide bonds. The zero-order valence-corrected chi connectivity index (χ0v) is 9.15. The molecule has 86 valence electrons. The van der Waals surface area contributed by atoms with Crippen LogP contribution in [0.3, 0.4) is 0 Å². The summed E-state index contributed by atoms with van der Waals surface area (Å²) in [4.78, 5) is 0. The third-order valence-corrected chi connectivity index (χ3v) is 2.33. The van der Waals surface area contributed by atoms with Crippen LogP contribution in [-0.4, -0.2) is 26.1 Å².